The predicted octanol–water partition coefficient (Wildman–Crippen LogP) is 0.962. The van der Waals surface area contributed by atoms with Gasteiger partial charge in [0.1, 0.15) is 12.1 Å². The lowest BCUT2D eigenvalue weighted by Gasteiger charge is -2.36. The Labute approximate surface area is 165 Å². The lowest BCUT2D eigenvalue weighted by atomic mass is 9.73. The van der Waals surface area contributed by atoms with Crippen LogP contribution in [0.2, 0.25) is 0 Å². The van der Waals surface area contributed by atoms with E-state index in [0.29, 0.717) is 26.0 Å². The zero-order valence-electron chi connectivity index (χ0n) is 16.9. The average molecular weight is 397 g/mol. The van der Waals surface area contributed by atoms with Gasteiger partial charge < -0.3 is 20.1 Å². The first-order valence-electron chi connectivity index (χ1n) is 9.94. The summed E-state index contributed by atoms with van der Waals surface area (Å²) in [4.78, 5) is 49.6. The fraction of sp³-hybridized carbons (Fsp3) is 0.789. The molecule has 2 N–H and O–H groups in total. The van der Waals surface area contributed by atoms with Crippen LogP contribution in [0.5, 0.6) is 0 Å². The first kappa shape index (κ1) is 22.1. The maximum atomic E-state index is 12.8. The highest BCUT2D eigenvalue weighted by Crippen LogP contribution is 2.38. The molecule has 0 aromatic carbocycles. The summed E-state index contributed by atoms with van der Waals surface area (Å²) in [5, 5.41) is 5.39. The maximum Gasteiger partial charge on any atom is 0.326 e. The molecule has 2 atom stereocenters. The minimum Gasteiger partial charge on any atom is -0.454 e. The average Bonchev–Trinajstić information content (AvgIpc) is 2.87. The molecule has 9 nitrogen and oxygen atoms in total. The van der Waals surface area contributed by atoms with Crippen LogP contribution in [0.25, 0.3) is 0 Å². The standard InChI is InChI=1S/C19H31N3O6/c1-13(2)27-10-6-9-20-15(23)12-28-16(24)11-22-17(25)19(21-18(22)26)8-5-4-7-14(19)3/h13-14H,4-12H2,1-3H3,(H,20,23)(H,21,26)/t14-,19+/m0/s1. The topological polar surface area (TPSA) is 114 Å². The number of hydrogen-bond acceptors (Lipinski definition) is 6. The SMILES string of the molecule is CC(C)OCCCNC(=O)COC(=O)CN1C(=O)N[C@@]2(CCCC[C@@H]2C)C1=O. The lowest BCUT2D eigenvalue weighted by molar-refractivity contribution is -0.151. The van der Waals surface area contributed by atoms with Crippen LogP contribution in [0.3, 0.4) is 0 Å². The van der Waals surface area contributed by atoms with Crippen molar-refractivity contribution in [2.45, 2.75) is 64.5 Å². The van der Waals surface area contributed by atoms with Crippen LogP contribution in [0.15, 0.2) is 0 Å². The molecule has 0 radical (unpaired) electrons. The summed E-state index contributed by atoms with van der Waals surface area (Å²) in [6, 6.07) is -0.578. The fourth-order valence-electron chi connectivity index (χ4n) is 3.63. The monoisotopic (exact) mass is 397 g/mol. The van der Waals surface area contributed by atoms with Crippen LogP contribution < -0.4 is 10.6 Å². The van der Waals surface area contributed by atoms with E-state index in [4.69, 9.17) is 9.47 Å². The lowest BCUT2D eigenvalue weighted by Crippen LogP contribution is -2.54. The number of ether oxygens (including phenoxy) is 2. The molecular weight excluding hydrogens is 366 g/mol. The molecule has 1 spiro atoms. The zero-order chi connectivity index (χ0) is 20.7. The maximum absolute atomic E-state index is 12.8. The van der Waals surface area contributed by atoms with Crippen LogP contribution in [-0.2, 0) is 23.9 Å². The number of carbonyl (C=O) groups is 4. The van der Waals surface area contributed by atoms with Crippen LogP contribution in [0.4, 0.5) is 4.79 Å². The molecule has 0 unspecified atom stereocenters. The zero-order valence-corrected chi connectivity index (χ0v) is 16.9. The molecule has 0 bridgehead atoms. The molecule has 2 fully saturated rings. The van der Waals surface area contributed by atoms with Gasteiger partial charge in [-0.15, -0.1) is 0 Å². The van der Waals surface area contributed by atoms with Gasteiger partial charge in [0.15, 0.2) is 6.61 Å². The highest BCUT2D eigenvalue weighted by atomic mass is 16.5. The van der Waals surface area contributed by atoms with Crippen molar-refractivity contribution in [1.82, 2.24) is 15.5 Å². The van der Waals surface area contributed by atoms with Gasteiger partial charge >= 0.3 is 12.0 Å². The second-order valence-corrected chi connectivity index (χ2v) is 7.72. The summed E-state index contributed by atoms with van der Waals surface area (Å²) in [6.07, 6.45) is 4.10. The molecule has 2 rings (SSSR count). The Morgan fingerprint density at radius 1 is 1.32 bits per heavy atom. The summed E-state index contributed by atoms with van der Waals surface area (Å²) in [5.74, 6) is -1.59. The first-order chi connectivity index (χ1) is 13.3. The van der Waals surface area contributed by atoms with Crippen molar-refractivity contribution in [2.24, 2.45) is 5.92 Å². The van der Waals surface area contributed by atoms with E-state index in [2.05, 4.69) is 10.6 Å². The molecule has 0 aromatic heterocycles. The van der Waals surface area contributed by atoms with Gasteiger partial charge in [0.05, 0.1) is 6.10 Å². The van der Waals surface area contributed by atoms with E-state index in [-0.39, 0.29) is 17.9 Å². The summed E-state index contributed by atoms with van der Waals surface area (Å²) in [5.41, 5.74) is -0.912. The Morgan fingerprint density at radius 2 is 2.07 bits per heavy atom. The van der Waals surface area contributed by atoms with Crippen LogP contribution in [0.1, 0.15) is 52.9 Å². The van der Waals surface area contributed by atoms with E-state index >= 15 is 0 Å². The van der Waals surface area contributed by atoms with E-state index in [9.17, 15) is 19.2 Å². The summed E-state index contributed by atoms with van der Waals surface area (Å²) in [6.45, 7) is 5.81. The third-order valence-electron chi connectivity index (χ3n) is 5.25. The van der Waals surface area contributed by atoms with E-state index in [1.165, 1.54) is 0 Å². The summed E-state index contributed by atoms with van der Waals surface area (Å²) >= 11 is 0. The van der Waals surface area contributed by atoms with Crippen molar-refractivity contribution >= 4 is 23.8 Å². The van der Waals surface area contributed by atoms with E-state index < -0.39 is 36.6 Å². The number of hydrogen-bond donors (Lipinski definition) is 2. The second kappa shape index (κ2) is 9.86. The number of esters is 1. The largest absolute Gasteiger partial charge is 0.454 e. The third-order valence-corrected chi connectivity index (χ3v) is 5.25. The van der Waals surface area contributed by atoms with Crippen molar-refractivity contribution in [3.05, 3.63) is 0 Å². The Morgan fingerprint density at radius 3 is 2.75 bits per heavy atom. The molecule has 1 saturated carbocycles. The third kappa shape index (κ3) is 5.43. The van der Waals surface area contributed by atoms with E-state index in [0.717, 1.165) is 24.2 Å². The van der Waals surface area contributed by atoms with Crippen molar-refractivity contribution in [1.29, 1.82) is 0 Å². The van der Waals surface area contributed by atoms with Gasteiger partial charge in [0, 0.05) is 13.2 Å². The Kier molecular flexibility index (Phi) is 7.79. The van der Waals surface area contributed by atoms with Gasteiger partial charge in [-0.1, -0.05) is 19.8 Å². The number of carbonyl (C=O) groups excluding carboxylic acids is 4. The molecule has 4 amide bonds. The molecule has 28 heavy (non-hydrogen) atoms. The Hall–Kier alpha value is -2.16. The summed E-state index contributed by atoms with van der Waals surface area (Å²) < 4.78 is 10.3. The minimum atomic E-state index is -0.912. The van der Waals surface area contributed by atoms with Crippen molar-refractivity contribution in [3.8, 4) is 0 Å². The normalized spacial score (nSPS) is 24.6. The number of nitrogens with zero attached hydrogens (tertiary/aromatic N) is 1. The van der Waals surface area contributed by atoms with Crippen molar-refractivity contribution < 1.29 is 28.7 Å². The number of nitrogens with one attached hydrogen (secondary N) is 2. The number of urea groups is 1. The van der Waals surface area contributed by atoms with Gasteiger partial charge in [0.25, 0.3) is 11.8 Å². The van der Waals surface area contributed by atoms with Gasteiger partial charge in [0.2, 0.25) is 0 Å². The van der Waals surface area contributed by atoms with Gasteiger partial charge in [-0.3, -0.25) is 19.3 Å². The first-order valence-corrected chi connectivity index (χ1v) is 9.94. The van der Waals surface area contributed by atoms with Crippen LogP contribution in [0, 0.1) is 5.92 Å². The Bertz CT molecular complexity index is 608. The smallest absolute Gasteiger partial charge is 0.326 e. The molecule has 0 aromatic rings. The predicted molar refractivity (Wildman–Crippen MR) is 100 cm³/mol. The molecule has 1 aliphatic heterocycles. The van der Waals surface area contributed by atoms with E-state index in [1.54, 1.807) is 0 Å². The number of rotatable bonds is 9. The van der Waals surface area contributed by atoms with Gasteiger partial charge in [-0.2, -0.15) is 0 Å². The minimum absolute atomic E-state index is 0.0178. The molecule has 1 heterocycles. The highest BCUT2D eigenvalue weighted by Gasteiger charge is 2.55. The summed E-state index contributed by atoms with van der Waals surface area (Å²) in [7, 11) is 0. The molecule has 9 heteroatoms. The number of imide groups is 1. The van der Waals surface area contributed by atoms with Crippen molar-refractivity contribution in [2.75, 3.05) is 26.3 Å². The molecule has 1 aliphatic carbocycles. The van der Waals surface area contributed by atoms with Crippen molar-refractivity contribution in [3.63, 3.8) is 0 Å². The van der Waals surface area contributed by atoms with Crippen LogP contribution in [-0.4, -0.2) is 66.7 Å². The van der Waals surface area contributed by atoms with E-state index in [1.807, 2.05) is 20.8 Å². The van der Waals surface area contributed by atoms with Crippen LogP contribution >= 0.6 is 0 Å². The second-order valence-electron chi connectivity index (χ2n) is 7.72. The number of amides is 4. The quantitative estimate of drug-likeness (QED) is 0.340. The van der Waals surface area contributed by atoms with Gasteiger partial charge in [-0.25, -0.2) is 4.79 Å². The fourth-order valence-corrected chi connectivity index (χ4v) is 3.63. The highest BCUT2D eigenvalue weighted by molar-refractivity contribution is 6.09. The molecule has 158 valence electrons. The Balaban J connectivity index is 1.73. The molecular formula is C19H31N3O6. The molecule has 1 saturated heterocycles. The molecule has 2 aliphatic rings. The van der Waals surface area contributed by atoms with Gasteiger partial charge in [-0.05, 0) is 39.0 Å².